The molecule has 1 N–H and O–H groups in total. The summed E-state index contributed by atoms with van der Waals surface area (Å²) in [5.74, 6) is -2.77. The first kappa shape index (κ1) is 30.4. The Morgan fingerprint density at radius 1 is 0.933 bits per heavy atom. The van der Waals surface area contributed by atoms with Crippen LogP contribution in [0.2, 0.25) is 0 Å². The van der Waals surface area contributed by atoms with Gasteiger partial charge in [-0.25, -0.2) is 9.69 Å². The number of benzene rings is 3. The highest BCUT2D eigenvalue weighted by Crippen LogP contribution is 2.55. The van der Waals surface area contributed by atoms with Gasteiger partial charge in [-0.2, -0.15) is 0 Å². The summed E-state index contributed by atoms with van der Waals surface area (Å²) in [6.45, 7) is 3.61. The van der Waals surface area contributed by atoms with Gasteiger partial charge in [0.05, 0.1) is 35.9 Å². The second-order valence-corrected chi connectivity index (χ2v) is 12.7. The lowest BCUT2D eigenvalue weighted by molar-refractivity contribution is -0.122. The van der Waals surface area contributed by atoms with Crippen molar-refractivity contribution in [3.05, 3.63) is 104 Å². The number of thioether (sulfide) groups is 1. The molecule has 1 aromatic heterocycles. The van der Waals surface area contributed by atoms with E-state index in [2.05, 4.69) is 5.32 Å². The van der Waals surface area contributed by atoms with Gasteiger partial charge in [0.2, 0.25) is 17.7 Å². The third-order valence-corrected chi connectivity index (χ3v) is 10.4. The Bertz CT molecular complexity index is 1860. The maximum Gasteiger partial charge on any atom is 0.338 e. The van der Waals surface area contributed by atoms with E-state index in [0.717, 1.165) is 33.6 Å². The van der Waals surface area contributed by atoms with Crippen LogP contribution in [0.1, 0.15) is 39.2 Å². The number of rotatable bonds is 8. The molecule has 3 amide bonds. The molecular weight excluding hydrogens is 615 g/mol. The SMILES string of the molecule is CCOC(=O)c1ccc(N2C(=O)C3Sc4c(sc(=O)n4CC(=O)Nc4ccc(C)cc4)C(c4ccccc4OC)C3C2=O)cc1. The molecule has 1 saturated heterocycles. The number of fused-ring (bicyclic) bond motifs is 2. The number of ether oxygens (including phenoxy) is 2. The Hall–Kier alpha value is -4.68. The van der Waals surface area contributed by atoms with Gasteiger partial charge in [0.1, 0.15) is 17.5 Å². The third kappa shape index (κ3) is 5.55. The Morgan fingerprint density at radius 2 is 1.64 bits per heavy atom. The average Bonchev–Trinajstić information content (AvgIpc) is 3.48. The molecule has 6 rings (SSSR count). The number of nitrogens with one attached hydrogen (secondary N) is 1. The fourth-order valence-electron chi connectivity index (χ4n) is 5.71. The van der Waals surface area contributed by atoms with Gasteiger partial charge in [0, 0.05) is 22.0 Å². The highest BCUT2D eigenvalue weighted by Gasteiger charge is 2.57. The summed E-state index contributed by atoms with van der Waals surface area (Å²) in [5.41, 5.74) is 2.93. The molecule has 3 atom stereocenters. The lowest BCUT2D eigenvalue weighted by Crippen LogP contribution is -2.33. The number of thiazole rings is 1. The van der Waals surface area contributed by atoms with E-state index in [0.29, 0.717) is 38.2 Å². The molecule has 12 heteroatoms. The molecule has 230 valence electrons. The van der Waals surface area contributed by atoms with Crippen molar-refractivity contribution in [3.63, 3.8) is 0 Å². The lowest BCUT2D eigenvalue weighted by Gasteiger charge is -2.31. The Balaban J connectivity index is 1.39. The van der Waals surface area contributed by atoms with Gasteiger partial charge < -0.3 is 14.8 Å². The smallest absolute Gasteiger partial charge is 0.338 e. The predicted octanol–water partition coefficient (Wildman–Crippen LogP) is 4.84. The standard InChI is InChI=1S/C33H29N3O7S2/c1-4-43-32(40)19-11-15-21(16-12-19)36-29(38)26-25(22-7-5-6-8-23(22)42-3)28-31(44-27(26)30(36)39)35(33(41)45-28)17-24(37)34-20-13-9-18(2)10-14-20/h5-16,25-27H,4,17H2,1-3H3,(H,34,37). The molecule has 2 aliphatic heterocycles. The highest BCUT2D eigenvalue weighted by atomic mass is 32.2. The van der Waals surface area contributed by atoms with Crippen LogP contribution >= 0.6 is 23.1 Å². The molecule has 0 spiro atoms. The van der Waals surface area contributed by atoms with Crippen molar-refractivity contribution in [2.45, 2.75) is 36.6 Å². The summed E-state index contributed by atoms with van der Waals surface area (Å²) in [6.07, 6.45) is 0. The monoisotopic (exact) mass is 643 g/mol. The topological polar surface area (TPSA) is 124 Å². The molecule has 2 aliphatic rings. The number of nitrogens with zero attached hydrogens (tertiary/aromatic N) is 2. The van der Waals surface area contributed by atoms with Gasteiger partial charge >= 0.3 is 10.8 Å². The fraction of sp³-hybridized carbons (Fsp3) is 0.242. The molecule has 3 unspecified atom stereocenters. The molecule has 4 aromatic rings. The average molecular weight is 644 g/mol. The molecule has 10 nitrogen and oxygen atoms in total. The van der Waals surface area contributed by atoms with Crippen LogP contribution < -0.4 is 19.8 Å². The number of hydrogen-bond acceptors (Lipinski definition) is 9. The van der Waals surface area contributed by atoms with Gasteiger partial charge in [-0.3, -0.25) is 23.7 Å². The van der Waals surface area contributed by atoms with Gasteiger partial charge in [-0.05, 0) is 56.3 Å². The Kier molecular flexibility index (Phi) is 8.34. The van der Waals surface area contributed by atoms with Gasteiger partial charge in [-0.15, -0.1) is 0 Å². The van der Waals surface area contributed by atoms with Gasteiger partial charge in [0.15, 0.2) is 0 Å². The van der Waals surface area contributed by atoms with Crippen molar-refractivity contribution in [2.24, 2.45) is 5.92 Å². The number of carbonyl (C=O) groups is 4. The molecule has 3 aromatic carbocycles. The van der Waals surface area contributed by atoms with E-state index in [4.69, 9.17) is 9.47 Å². The number of imide groups is 1. The van der Waals surface area contributed by atoms with Crippen LogP contribution in [-0.4, -0.2) is 47.2 Å². The lowest BCUT2D eigenvalue weighted by atomic mass is 9.82. The van der Waals surface area contributed by atoms with Gasteiger partial charge in [-0.1, -0.05) is 59.0 Å². The molecule has 0 bridgehead atoms. The molecule has 0 aliphatic carbocycles. The maximum absolute atomic E-state index is 14.2. The van der Waals surface area contributed by atoms with Crippen molar-refractivity contribution in [1.82, 2.24) is 4.57 Å². The predicted molar refractivity (Wildman–Crippen MR) is 171 cm³/mol. The third-order valence-electron chi connectivity index (χ3n) is 7.80. The van der Waals surface area contributed by atoms with Crippen molar-refractivity contribution in [2.75, 3.05) is 23.9 Å². The second-order valence-electron chi connectivity index (χ2n) is 10.6. The summed E-state index contributed by atoms with van der Waals surface area (Å²) in [7, 11) is 1.52. The maximum atomic E-state index is 14.2. The zero-order chi connectivity index (χ0) is 31.8. The van der Waals surface area contributed by atoms with Crippen molar-refractivity contribution in [3.8, 4) is 5.75 Å². The first-order chi connectivity index (χ1) is 21.7. The number of carbonyl (C=O) groups excluding carboxylic acids is 4. The minimum atomic E-state index is -0.870. The van der Waals surface area contributed by atoms with Crippen LogP contribution in [0.3, 0.4) is 0 Å². The quantitative estimate of drug-likeness (QED) is 0.214. The van der Waals surface area contributed by atoms with Crippen LogP contribution in [0.5, 0.6) is 5.75 Å². The number of amides is 3. The van der Waals surface area contributed by atoms with Crippen LogP contribution in [0, 0.1) is 12.8 Å². The number of anilines is 2. The van der Waals surface area contributed by atoms with Crippen molar-refractivity contribution < 1.29 is 28.7 Å². The van der Waals surface area contributed by atoms with E-state index < -0.39 is 40.8 Å². The van der Waals surface area contributed by atoms with Crippen molar-refractivity contribution in [1.29, 1.82) is 0 Å². The van der Waals surface area contributed by atoms with Crippen LogP contribution in [0.25, 0.3) is 0 Å². The molecule has 0 saturated carbocycles. The number of aromatic nitrogens is 1. The molecular formula is C33H29N3O7S2. The number of methoxy groups -OCH3 is 1. The Morgan fingerprint density at radius 3 is 2.33 bits per heavy atom. The normalized spacial score (nSPS) is 18.7. The zero-order valence-electron chi connectivity index (χ0n) is 24.6. The minimum Gasteiger partial charge on any atom is -0.496 e. The highest BCUT2D eigenvalue weighted by molar-refractivity contribution is 8.00. The van der Waals surface area contributed by atoms with E-state index in [-0.39, 0.29) is 18.0 Å². The van der Waals surface area contributed by atoms with Crippen LogP contribution in [-0.2, 0) is 25.7 Å². The van der Waals surface area contributed by atoms with Gasteiger partial charge in [0.25, 0.3) is 0 Å². The number of hydrogen-bond donors (Lipinski definition) is 1. The van der Waals surface area contributed by atoms with E-state index in [1.807, 2.05) is 31.2 Å². The fourth-order valence-corrected chi connectivity index (χ4v) is 8.47. The van der Waals surface area contributed by atoms with Crippen LogP contribution in [0.15, 0.2) is 82.6 Å². The summed E-state index contributed by atoms with van der Waals surface area (Å²) in [4.78, 5) is 68.3. The minimum absolute atomic E-state index is 0.220. The molecule has 0 radical (unpaired) electrons. The summed E-state index contributed by atoms with van der Waals surface area (Å²) >= 11 is 2.09. The van der Waals surface area contributed by atoms with E-state index in [1.54, 1.807) is 43.3 Å². The summed E-state index contributed by atoms with van der Waals surface area (Å²) < 4.78 is 12.1. The van der Waals surface area contributed by atoms with E-state index >= 15 is 0 Å². The van der Waals surface area contributed by atoms with E-state index in [1.165, 1.54) is 23.8 Å². The molecule has 1 fully saturated rings. The molecule has 45 heavy (non-hydrogen) atoms. The number of aryl methyl sites for hydroxylation is 1. The van der Waals surface area contributed by atoms with Crippen molar-refractivity contribution >= 4 is 58.2 Å². The largest absolute Gasteiger partial charge is 0.496 e. The first-order valence-corrected chi connectivity index (χ1v) is 16.0. The number of esters is 1. The summed E-state index contributed by atoms with van der Waals surface area (Å²) in [6, 6.07) is 20.7. The zero-order valence-corrected chi connectivity index (χ0v) is 26.3. The molecule has 3 heterocycles. The summed E-state index contributed by atoms with van der Waals surface area (Å²) in [5, 5.41) is 2.43. The van der Waals surface area contributed by atoms with E-state index in [9.17, 15) is 24.0 Å². The first-order valence-electron chi connectivity index (χ1n) is 14.3. The van der Waals surface area contributed by atoms with Crippen LogP contribution in [0.4, 0.5) is 11.4 Å². The second kappa shape index (κ2) is 12.4. The Labute approximate surface area is 267 Å². The number of para-hydroxylation sites is 1.